The molecule has 0 bridgehead atoms. The van der Waals surface area contributed by atoms with Crippen LogP contribution in [0.3, 0.4) is 0 Å². The molecule has 3 aromatic heterocycles. The second-order valence-corrected chi connectivity index (χ2v) is 12.6. The number of para-hydroxylation sites is 2. The molecule has 0 radical (unpaired) electrons. The maximum atomic E-state index is 8.16. The van der Waals surface area contributed by atoms with Gasteiger partial charge in [-0.25, -0.2) is 0 Å². The number of ether oxygens (including phenoxy) is 2. The number of hydrogen-bond acceptors (Lipinski definition) is 3. The predicted octanol–water partition coefficient (Wildman–Crippen LogP) is 8.39. The first-order chi connectivity index (χ1) is 22.1. The first-order valence-corrected chi connectivity index (χ1v) is 15.4. The van der Waals surface area contributed by atoms with Crippen molar-refractivity contribution in [2.45, 2.75) is 25.7 Å². The number of pyridine rings is 1. The zero-order valence-corrected chi connectivity index (χ0v) is 25.9. The van der Waals surface area contributed by atoms with Gasteiger partial charge in [0.2, 0.25) is 0 Å². The topological polar surface area (TPSA) is 46.1 Å². The van der Waals surface area contributed by atoms with Gasteiger partial charge in [-0.2, -0.15) is 0 Å². The van der Waals surface area contributed by atoms with Crippen molar-refractivity contribution < 1.29 is 32.9 Å². The second-order valence-electron chi connectivity index (χ2n) is 11.6. The molecule has 0 unspecified atom stereocenters. The van der Waals surface area contributed by atoms with Crippen LogP contribution in [0.4, 0.5) is 0 Å². The number of aryl methyl sites for hydroxylation is 1. The fraction of sp³-hybridized carbons (Fsp3) is 0.167. The van der Waals surface area contributed by atoms with Crippen molar-refractivity contribution in [3.05, 3.63) is 113 Å². The first kappa shape index (κ1) is 23.1. The van der Waals surface area contributed by atoms with E-state index in [4.69, 9.17) is 18.6 Å². The first-order valence-electron chi connectivity index (χ1n) is 15.7. The van der Waals surface area contributed by atoms with Crippen molar-refractivity contribution in [2.24, 2.45) is 6.98 Å². The zero-order valence-electron chi connectivity index (χ0n) is 26.7. The van der Waals surface area contributed by atoms with Crippen LogP contribution in [0.25, 0.3) is 44.3 Å². The van der Waals surface area contributed by atoms with Crippen LogP contribution >= 0.6 is 0 Å². The minimum absolute atomic E-state index is 0.0148. The molecule has 0 atom stereocenters. The zero-order chi connectivity index (χ0) is 31.8. The molecule has 0 fully saturated rings. The maximum absolute atomic E-state index is 8.16. The normalized spacial score (nSPS) is 15.6. The van der Waals surface area contributed by atoms with Crippen LogP contribution in [0.1, 0.15) is 29.9 Å². The van der Waals surface area contributed by atoms with Crippen LogP contribution in [-0.2, 0) is 31.7 Å². The van der Waals surface area contributed by atoms with Crippen LogP contribution in [0.5, 0.6) is 17.2 Å². The quantitative estimate of drug-likeness (QED) is 0.182. The molecule has 1 aliphatic rings. The summed E-state index contributed by atoms with van der Waals surface area (Å²) in [6.45, 7) is 2.93. The van der Waals surface area contributed by atoms with Gasteiger partial charge < -0.3 is 4.74 Å². The van der Waals surface area contributed by atoms with Crippen LogP contribution in [-0.4, -0.2) is 25.3 Å². The Balaban J connectivity index is 1.26. The fourth-order valence-electron chi connectivity index (χ4n) is 6.21. The molecule has 216 valence electrons. The van der Waals surface area contributed by atoms with E-state index in [1.165, 1.54) is 10.1 Å². The summed E-state index contributed by atoms with van der Waals surface area (Å²) in [5, 5.41) is 2.25. The van der Waals surface area contributed by atoms with Gasteiger partial charge >= 0.3 is 198 Å². The Bertz CT molecular complexity index is 2370. The van der Waals surface area contributed by atoms with E-state index in [0.717, 1.165) is 51.0 Å². The van der Waals surface area contributed by atoms with Gasteiger partial charge in [0.1, 0.15) is 5.75 Å². The Kier molecular flexibility index (Phi) is 5.27. The molecule has 0 aliphatic carbocycles. The van der Waals surface area contributed by atoms with Crippen LogP contribution in [0, 0.1) is 3.80 Å². The van der Waals surface area contributed by atoms with Crippen LogP contribution in [0.2, 0.25) is 0 Å². The van der Waals surface area contributed by atoms with Crippen LogP contribution < -0.4 is 9.47 Å². The van der Waals surface area contributed by atoms with Gasteiger partial charge in [0.05, 0.1) is 6.61 Å². The van der Waals surface area contributed by atoms with Crippen LogP contribution in [0.15, 0.2) is 103 Å². The Morgan fingerprint density at radius 2 is 1.63 bits per heavy atom. The predicted molar refractivity (Wildman–Crippen MR) is 167 cm³/mol. The van der Waals surface area contributed by atoms with Crippen molar-refractivity contribution >= 4 is 32.8 Å². The summed E-state index contributed by atoms with van der Waals surface area (Å²) in [6, 6.07) is 31.8. The van der Waals surface area contributed by atoms with E-state index < -0.39 is 6.98 Å². The number of nitrogens with zero attached hydrogens (tertiary/aromatic N) is 4. The van der Waals surface area contributed by atoms with E-state index in [-0.39, 0.29) is 5.41 Å². The average Bonchev–Trinajstić information content (AvgIpc) is 3.51. The van der Waals surface area contributed by atoms with Crippen molar-refractivity contribution in [3.63, 3.8) is 0 Å². The van der Waals surface area contributed by atoms with Crippen molar-refractivity contribution in [2.75, 3.05) is 6.61 Å². The summed E-state index contributed by atoms with van der Waals surface area (Å²) in [5.74, 6) is 3.05. The van der Waals surface area contributed by atoms with Gasteiger partial charge in [-0.05, 0) is 17.9 Å². The molecule has 0 N–H and O–H groups in total. The average molecular weight is 749 g/mol. The Morgan fingerprint density at radius 1 is 0.814 bits per heavy atom. The van der Waals surface area contributed by atoms with E-state index in [2.05, 4.69) is 62.0 Å². The van der Waals surface area contributed by atoms with E-state index in [1.807, 2.05) is 77.4 Å². The van der Waals surface area contributed by atoms with Gasteiger partial charge in [-0.3, -0.25) is 0 Å². The summed E-state index contributed by atoms with van der Waals surface area (Å²) in [5.41, 5.74) is 5.49. The molecule has 4 aromatic carbocycles. The molecule has 0 spiro atoms. The third-order valence-corrected chi connectivity index (χ3v) is 9.46. The molecule has 0 saturated heterocycles. The molecule has 8 rings (SSSR count). The Morgan fingerprint density at radius 3 is 2.47 bits per heavy atom. The number of benzene rings is 4. The Labute approximate surface area is 264 Å². The second kappa shape index (κ2) is 9.82. The van der Waals surface area contributed by atoms with E-state index in [9.17, 15) is 0 Å². The summed E-state index contributed by atoms with van der Waals surface area (Å²) in [7, 11) is 0. The number of hydrogen-bond donors (Lipinski definition) is 0. The number of imidazole rings is 1. The summed E-state index contributed by atoms with van der Waals surface area (Å²) in [6.07, 6.45) is 2.77. The van der Waals surface area contributed by atoms with Crippen molar-refractivity contribution in [1.82, 2.24) is 18.7 Å². The standard InChI is InChI=1S/C36H30N4O2.Pt/c1-36(2)16-18-41-34-22-33-28(21-29(34)36)27-15-14-26(20-32(27)40(33)35-13-6-7-17-37-35)42-25-10-8-9-24(19-25)39-23-38(3)30-11-4-5-12-31(30)39;/h4-15,17,19-22H,16,18H2,1-3H3;/i3D3;. The molecular weight excluding hydrogens is 716 g/mol. The third-order valence-electron chi connectivity index (χ3n) is 8.45. The van der Waals surface area contributed by atoms with E-state index in [1.54, 1.807) is 6.20 Å². The molecular formula is C36H30N4O2Pt. The monoisotopic (exact) mass is 748 g/mol. The minimum atomic E-state index is -2.32. The van der Waals surface area contributed by atoms with Crippen molar-refractivity contribution in [1.29, 1.82) is 0 Å². The Hall–Kier alpha value is -4.41. The molecule has 7 heteroatoms. The molecule has 0 amide bonds. The number of rotatable bonds is 4. The summed E-state index contributed by atoms with van der Waals surface area (Å²) < 4.78 is 43.2. The number of fused-ring (bicyclic) bond motifs is 5. The molecule has 43 heavy (non-hydrogen) atoms. The van der Waals surface area contributed by atoms with E-state index in [0.29, 0.717) is 27.4 Å². The van der Waals surface area contributed by atoms with Gasteiger partial charge in [0, 0.05) is 11.8 Å². The summed E-state index contributed by atoms with van der Waals surface area (Å²) >= 11 is 2.09. The molecule has 4 heterocycles. The van der Waals surface area contributed by atoms with Gasteiger partial charge in [0.15, 0.2) is 0 Å². The van der Waals surface area contributed by atoms with E-state index >= 15 is 0 Å². The third kappa shape index (κ3) is 4.19. The molecule has 0 saturated carbocycles. The molecule has 6 nitrogen and oxygen atoms in total. The molecule has 7 aromatic rings. The molecule has 1 aliphatic heterocycles. The number of aromatic nitrogens is 4. The van der Waals surface area contributed by atoms with Gasteiger partial charge in [-0.15, -0.1) is 0 Å². The summed E-state index contributed by atoms with van der Waals surface area (Å²) in [4.78, 5) is 4.71. The SMILES string of the molecule is [2H]C([2H])([2H])n1[c](=[Pt])n(-c2cccc(Oc3ccc4c5cc6c(cc5n(-c5ccccn5)c4c3)OCCC6(C)C)c2)c2ccccc21. The fourth-order valence-corrected chi connectivity index (χ4v) is 7.05. The van der Waals surface area contributed by atoms with Gasteiger partial charge in [0.25, 0.3) is 0 Å². The van der Waals surface area contributed by atoms with Gasteiger partial charge in [-0.1, -0.05) is 19.9 Å². The van der Waals surface area contributed by atoms with Crippen molar-refractivity contribution in [3.8, 4) is 28.8 Å².